The number of nitrogens with zero attached hydrogens (tertiary/aromatic N) is 1. The van der Waals surface area contributed by atoms with Gasteiger partial charge in [0.25, 0.3) is 0 Å². The van der Waals surface area contributed by atoms with E-state index < -0.39 is 0 Å². The average Bonchev–Trinajstić information content (AvgIpc) is 2.27. The molecular weight excluding hydrogens is 208 g/mol. The van der Waals surface area contributed by atoms with E-state index >= 15 is 0 Å². The molecule has 1 saturated carbocycles. The molecule has 1 rings (SSSR count). The summed E-state index contributed by atoms with van der Waals surface area (Å²) in [4.78, 5) is 2.43. The average molecular weight is 238 g/mol. The van der Waals surface area contributed by atoms with Crippen LogP contribution in [0.4, 0.5) is 0 Å². The molecule has 1 aliphatic carbocycles. The molecular formula is C15H30N2. The molecule has 2 nitrogen and oxygen atoms in total. The molecule has 1 aliphatic rings. The maximum Gasteiger partial charge on any atom is 0.0460 e. The number of hydrogen-bond acceptors (Lipinski definition) is 2. The van der Waals surface area contributed by atoms with Crippen molar-refractivity contribution >= 4 is 0 Å². The standard InChI is InChI=1S/C15H30N2/c1-7-16-14(12(2)3)15(17(5)6)10-8-13(4)9-11-15/h13-14,16H,2,7-11H2,1,3-6H3. The molecule has 1 N–H and O–H groups in total. The van der Waals surface area contributed by atoms with Gasteiger partial charge in [0.05, 0.1) is 0 Å². The second kappa shape index (κ2) is 6.01. The number of nitrogens with one attached hydrogen (secondary N) is 1. The molecule has 100 valence electrons. The smallest absolute Gasteiger partial charge is 0.0460 e. The molecule has 0 spiro atoms. The van der Waals surface area contributed by atoms with Crippen molar-refractivity contribution in [3.8, 4) is 0 Å². The van der Waals surface area contributed by atoms with Crippen molar-refractivity contribution in [1.82, 2.24) is 10.2 Å². The van der Waals surface area contributed by atoms with E-state index in [1.54, 1.807) is 0 Å². The van der Waals surface area contributed by atoms with Gasteiger partial charge in [-0.15, -0.1) is 0 Å². The zero-order valence-electron chi connectivity index (χ0n) is 12.3. The zero-order valence-corrected chi connectivity index (χ0v) is 12.3. The Kier molecular flexibility index (Phi) is 5.21. The van der Waals surface area contributed by atoms with Gasteiger partial charge in [0.15, 0.2) is 0 Å². The van der Waals surface area contributed by atoms with E-state index in [4.69, 9.17) is 0 Å². The van der Waals surface area contributed by atoms with Gasteiger partial charge in [-0.25, -0.2) is 0 Å². The van der Waals surface area contributed by atoms with Gasteiger partial charge in [-0.3, -0.25) is 0 Å². The van der Waals surface area contributed by atoms with Gasteiger partial charge < -0.3 is 10.2 Å². The predicted octanol–water partition coefficient (Wildman–Crippen LogP) is 3.05. The van der Waals surface area contributed by atoms with Gasteiger partial charge in [-0.2, -0.15) is 0 Å². The molecule has 2 heteroatoms. The maximum absolute atomic E-state index is 4.21. The highest BCUT2D eigenvalue weighted by atomic mass is 15.2. The Bertz CT molecular complexity index is 250. The molecule has 0 aromatic rings. The van der Waals surface area contributed by atoms with Crippen LogP contribution in [0, 0.1) is 5.92 Å². The minimum Gasteiger partial charge on any atom is -0.309 e. The summed E-state index contributed by atoms with van der Waals surface area (Å²) in [6.45, 7) is 11.9. The van der Waals surface area contributed by atoms with Gasteiger partial charge in [0, 0.05) is 11.6 Å². The van der Waals surface area contributed by atoms with Crippen molar-refractivity contribution in [1.29, 1.82) is 0 Å². The molecule has 17 heavy (non-hydrogen) atoms. The van der Waals surface area contributed by atoms with Crippen LogP contribution in [0.1, 0.15) is 46.5 Å². The summed E-state index contributed by atoms with van der Waals surface area (Å²) in [5.41, 5.74) is 1.55. The lowest BCUT2D eigenvalue weighted by Crippen LogP contribution is -2.60. The molecule has 0 heterocycles. The second-order valence-electron chi connectivity index (χ2n) is 6.02. The summed E-state index contributed by atoms with van der Waals surface area (Å²) in [6, 6.07) is 0.426. The summed E-state index contributed by atoms with van der Waals surface area (Å²) < 4.78 is 0. The molecule has 0 aromatic carbocycles. The molecule has 1 atom stereocenters. The maximum atomic E-state index is 4.21. The van der Waals surface area contributed by atoms with Gasteiger partial charge in [0.1, 0.15) is 0 Å². The minimum absolute atomic E-state index is 0.272. The van der Waals surface area contributed by atoms with Crippen LogP contribution in [0.5, 0.6) is 0 Å². The second-order valence-corrected chi connectivity index (χ2v) is 6.02. The Morgan fingerprint density at radius 1 is 1.41 bits per heavy atom. The fourth-order valence-electron chi connectivity index (χ4n) is 3.28. The summed E-state index contributed by atoms with van der Waals surface area (Å²) in [5.74, 6) is 0.885. The van der Waals surface area contributed by atoms with Crippen molar-refractivity contribution in [3.63, 3.8) is 0 Å². The fourth-order valence-corrected chi connectivity index (χ4v) is 3.28. The first kappa shape index (κ1) is 14.7. The Balaban J connectivity index is 2.92. The number of likely N-dealkylation sites (N-methyl/N-ethyl adjacent to an activating group) is 2. The highest BCUT2D eigenvalue weighted by Gasteiger charge is 2.42. The lowest BCUT2D eigenvalue weighted by molar-refractivity contribution is 0.0560. The summed E-state index contributed by atoms with van der Waals surface area (Å²) in [6.07, 6.45) is 5.25. The van der Waals surface area contributed by atoms with E-state index in [9.17, 15) is 0 Å². The minimum atomic E-state index is 0.272. The Labute approximate surface area is 107 Å². The number of rotatable bonds is 5. The van der Waals surface area contributed by atoms with E-state index in [0.29, 0.717) is 6.04 Å². The van der Waals surface area contributed by atoms with Crippen molar-refractivity contribution in [2.45, 2.75) is 58.0 Å². The Morgan fingerprint density at radius 3 is 2.29 bits per heavy atom. The Morgan fingerprint density at radius 2 is 1.94 bits per heavy atom. The highest BCUT2D eigenvalue weighted by Crippen LogP contribution is 2.39. The van der Waals surface area contributed by atoms with E-state index in [-0.39, 0.29) is 5.54 Å². The first-order valence-electron chi connectivity index (χ1n) is 7.00. The topological polar surface area (TPSA) is 15.3 Å². The van der Waals surface area contributed by atoms with Crippen LogP contribution >= 0.6 is 0 Å². The first-order valence-corrected chi connectivity index (χ1v) is 7.00. The van der Waals surface area contributed by atoms with E-state index in [1.165, 1.54) is 31.3 Å². The van der Waals surface area contributed by atoms with Crippen LogP contribution < -0.4 is 5.32 Å². The predicted molar refractivity (Wildman–Crippen MR) is 76.3 cm³/mol. The van der Waals surface area contributed by atoms with Crippen LogP contribution in [0.25, 0.3) is 0 Å². The molecule has 0 saturated heterocycles. The zero-order chi connectivity index (χ0) is 13.1. The van der Waals surface area contributed by atoms with Crippen molar-refractivity contribution in [2.75, 3.05) is 20.6 Å². The highest BCUT2D eigenvalue weighted by molar-refractivity contribution is 5.15. The Hall–Kier alpha value is -0.340. The van der Waals surface area contributed by atoms with Gasteiger partial charge in [-0.05, 0) is 59.2 Å². The third-order valence-corrected chi connectivity index (χ3v) is 4.47. The monoisotopic (exact) mass is 238 g/mol. The molecule has 0 radical (unpaired) electrons. The third kappa shape index (κ3) is 3.11. The van der Waals surface area contributed by atoms with Crippen molar-refractivity contribution < 1.29 is 0 Å². The normalized spacial score (nSPS) is 31.5. The summed E-state index contributed by atoms with van der Waals surface area (Å²) in [7, 11) is 4.45. The quantitative estimate of drug-likeness (QED) is 0.741. The SMILES string of the molecule is C=C(C)C(NCC)C1(N(C)C)CCC(C)CC1. The molecule has 0 aliphatic heterocycles. The molecule has 1 unspecified atom stereocenters. The molecule has 0 aromatic heterocycles. The first-order chi connectivity index (χ1) is 7.94. The lowest BCUT2D eigenvalue weighted by atomic mass is 9.70. The van der Waals surface area contributed by atoms with Crippen LogP contribution in [0.15, 0.2) is 12.2 Å². The van der Waals surface area contributed by atoms with Gasteiger partial charge in [-0.1, -0.05) is 26.0 Å². The molecule has 0 amide bonds. The van der Waals surface area contributed by atoms with Crippen molar-refractivity contribution in [3.05, 3.63) is 12.2 Å². The molecule has 1 fully saturated rings. The van der Waals surface area contributed by atoms with Crippen LogP contribution in [-0.2, 0) is 0 Å². The van der Waals surface area contributed by atoms with Crippen molar-refractivity contribution in [2.24, 2.45) is 5.92 Å². The third-order valence-electron chi connectivity index (χ3n) is 4.47. The molecule has 0 bridgehead atoms. The number of hydrogen-bond donors (Lipinski definition) is 1. The van der Waals surface area contributed by atoms with Crippen LogP contribution in [0.3, 0.4) is 0 Å². The summed E-state index contributed by atoms with van der Waals surface area (Å²) >= 11 is 0. The fraction of sp³-hybridized carbons (Fsp3) is 0.867. The van der Waals surface area contributed by atoms with Gasteiger partial charge in [0.2, 0.25) is 0 Å². The van der Waals surface area contributed by atoms with Crippen LogP contribution in [0.2, 0.25) is 0 Å². The van der Waals surface area contributed by atoms with E-state index in [1.807, 2.05) is 0 Å². The summed E-state index contributed by atoms with van der Waals surface area (Å²) in [5, 5.41) is 3.65. The largest absolute Gasteiger partial charge is 0.309 e. The lowest BCUT2D eigenvalue weighted by Gasteiger charge is -2.50. The van der Waals surface area contributed by atoms with Gasteiger partial charge >= 0.3 is 0 Å². The van der Waals surface area contributed by atoms with Crippen LogP contribution in [-0.4, -0.2) is 37.1 Å². The van der Waals surface area contributed by atoms with E-state index in [0.717, 1.165) is 12.5 Å². The van der Waals surface area contributed by atoms with E-state index in [2.05, 4.69) is 51.7 Å².